The van der Waals surface area contributed by atoms with Gasteiger partial charge in [0.1, 0.15) is 18.2 Å². The number of pyridine rings is 1. The maximum Gasteiger partial charge on any atom is 0.416 e. The second kappa shape index (κ2) is 31.4. The van der Waals surface area contributed by atoms with E-state index in [-0.39, 0.29) is 84.0 Å². The average Bonchev–Trinajstić information content (AvgIpc) is 3.92. The molecule has 3 aliphatic rings. The average molecular weight is 1090 g/mol. The van der Waals surface area contributed by atoms with Crippen molar-refractivity contribution in [3.8, 4) is 0 Å². The summed E-state index contributed by atoms with van der Waals surface area (Å²) in [5.74, 6) is -0.963. The molecule has 2 aromatic heterocycles. The van der Waals surface area contributed by atoms with E-state index in [1.54, 1.807) is 35.3 Å². The molecule has 24 heteroatoms. The molecule has 0 spiro atoms. The van der Waals surface area contributed by atoms with E-state index in [1.807, 2.05) is 6.07 Å². The number of nitrogens with one attached hydrogen (secondary N) is 4. The van der Waals surface area contributed by atoms with E-state index in [2.05, 4.69) is 57.0 Å². The Balaban J connectivity index is 0.719. The Labute approximate surface area is 448 Å². The van der Waals surface area contributed by atoms with Crippen molar-refractivity contribution in [1.29, 1.82) is 0 Å². The van der Waals surface area contributed by atoms with Crippen LogP contribution < -0.4 is 21.3 Å². The van der Waals surface area contributed by atoms with E-state index in [1.165, 1.54) is 12.4 Å². The Kier molecular flexibility index (Phi) is 24.9. The highest BCUT2D eigenvalue weighted by molar-refractivity contribution is 5.93. The fourth-order valence-electron chi connectivity index (χ4n) is 9.68. The van der Waals surface area contributed by atoms with Gasteiger partial charge in [-0.25, -0.2) is 9.97 Å². The Morgan fingerprint density at radius 2 is 1.35 bits per heavy atom. The molecule has 1 unspecified atom stereocenters. The van der Waals surface area contributed by atoms with Crippen molar-refractivity contribution in [2.24, 2.45) is 5.92 Å². The predicted octanol–water partition coefficient (Wildman–Crippen LogP) is 3.71. The lowest BCUT2D eigenvalue weighted by atomic mass is 9.84. The van der Waals surface area contributed by atoms with Crippen LogP contribution in [0.15, 0.2) is 49.1 Å². The molecule has 2 saturated heterocycles. The molecule has 21 nitrogen and oxygen atoms in total. The lowest BCUT2D eigenvalue weighted by molar-refractivity contribution is -0.137. The molecule has 2 aliphatic heterocycles. The first-order valence-electron chi connectivity index (χ1n) is 26.6. The molecule has 6 atom stereocenters. The smallest absolute Gasteiger partial charge is 0.379 e. The maximum atomic E-state index is 13.9. The summed E-state index contributed by atoms with van der Waals surface area (Å²) in [6.07, 6.45) is 2.85. The van der Waals surface area contributed by atoms with Gasteiger partial charge in [-0.1, -0.05) is 6.07 Å². The highest BCUT2D eigenvalue weighted by atomic mass is 19.4. The van der Waals surface area contributed by atoms with Crippen molar-refractivity contribution in [3.05, 3.63) is 60.2 Å². The summed E-state index contributed by atoms with van der Waals surface area (Å²) in [6, 6.07) is 5.42. The zero-order valence-corrected chi connectivity index (χ0v) is 44.8. The second-order valence-corrected chi connectivity index (χ2v) is 20.1. The van der Waals surface area contributed by atoms with E-state index in [4.69, 9.17) is 37.9 Å². The molecule has 428 valence electrons. The van der Waals surface area contributed by atoms with Crippen molar-refractivity contribution in [2.75, 3.05) is 131 Å². The summed E-state index contributed by atoms with van der Waals surface area (Å²) in [5, 5.41) is 13.0. The van der Waals surface area contributed by atoms with Crippen molar-refractivity contribution < 1.29 is 70.2 Å². The standard InChI is InChI=1S/C53H78F3N9O12/c1-52(2,3)63-39-8-10-45(65-15-11-43(51(65)69)62-49-40-32-38(53(54,55)56)7-9-42(40)59-36-60-49)44(33-39)61-46(66)12-16-70-18-20-72-22-24-74-26-28-76-30-31-77-29-27-75-25-23-73-21-19-71-17-14-58-50(68)41-34-47(67)64(4)48(41)37-6-5-13-57-35-37/h5-7,9,13,32,35-36,39,41,43-45,48,63H,8,10-12,14-31,33-34H2,1-4H3,(H,58,68)(H,61,66)(H,59,60,62)/t39-,41+,43+,44-,45?,48-/m1/s1. The topological polar surface area (TPSA) is 235 Å². The Morgan fingerprint density at radius 1 is 0.753 bits per heavy atom. The summed E-state index contributed by atoms with van der Waals surface area (Å²) in [6.45, 7) is 13.0. The number of carbonyl (C=O) groups is 4. The van der Waals surface area contributed by atoms with Crippen LogP contribution in [0.2, 0.25) is 0 Å². The van der Waals surface area contributed by atoms with E-state index >= 15 is 0 Å². The third-order valence-corrected chi connectivity index (χ3v) is 13.3. The Morgan fingerprint density at radius 3 is 1.92 bits per heavy atom. The molecule has 4 N–H and O–H groups in total. The first-order valence-corrected chi connectivity index (χ1v) is 26.6. The van der Waals surface area contributed by atoms with Gasteiger partial charge in [-0.05, 0) is 76.3 Å². The van der Waals surface area contributed by atoms with Gasteiger partial charge in [-0.2, -0.15) is 13.2 Å². The van der Waals surface area contributed by atoms with Crippen LogP contribution in [-0.2, 0) is 63.2 Å². The summed E-state index contributed by atoms with van der Waals surface area (Å²) >= 11 is 0. The number of fused-ring (bicyclic) bond motifs is 1. The number of amides is 4. The number of likely N-dealkylation sites (tertiary alicyclic amines) is 2. The predicted molar refractivity (Wildman–Crippen MR) is 277 cm³/mol. The molecular weight excluding hydrogens is 1010 g/mol. The van der Waals surface area contributed by atoms with Gasteiger partial charge in [0.15, 0.2) is 0 Å². The third-order valence-electron chi connectivity index (χ3n) is 13.3. The van der Waals surface area contributed by atoms with Crippen LogP contribution in [0.25, 0.3) is 10.9 Å². The number of hydrogen-bond acceptors (Lipinski definition) is 17. The molecule has 77 heavy (non-hydrogen) atoms. The number of alkyl halides is 3. The lowest BCUT2D eigenvalue weighted by Gasteiger charge is -2.43. The van der Waals surface area contributed by atoms with E-state index in [9.17, 15) is 32.3 Å². The fraction of sp³-hybridized carbons (Fsp3) is 0.679. The minimum atomic E-state index is -4.55. The third kappa shape index (κ3) is 20.2. The number of aromatic nitrogens is 3. The van der Waals surface area contributed by atoms with Crippen LogP contribution in [0.5, 0.6) is 0 Å². The SMILES string of the molecule is CN1C(=O)C[C@H](C(=O)NCCOCCOCCOCCOCCOCCOCCOCCOCCC(=O)N[C@@H]2C[C@H](NC(C)(C)C)CCC2N2CC[C@H](Nc3ncnc4ccc(C(F)(F)F)cc34)C2=O)[C@H]1c1cccnc1. The van der Waals surface area contributed by atoms with Gasteiger partial charge < -0.3 is 69.0 Å². The maximum absolute atomic E-state index is 13.9. The summed E-state index contributed by atoms with van der Waals surface area (Å²) < 4.78 is 85.1. The van der Waals surface area contributed by atoms with Gasteiger partial charge in [0.05, 0.1) is 141 Å². The van der Waals surface area contributed by atoms with Crippen LogP contribution >= 0.6 is 0 Å². The quantitative estimate of drug-likeness (QED) is 0.0624. The number of ether oxygens (including phenoxy) is 8. The fourth-order valence-corrected chi connectivity index (χ4v) is 9.68. The van der Waals surface area contributed by atoms with Gasteiger partial charge in [-0.15, -0.1) is 0 Å². The van der Waals surface area contributed by atoms with Crippen molar-refractivity contribution in [3.63, 3.8) is 0 Å². The molecule has 1 saturated carbocycles. The van der Waals surface area contributed by atoms with Crippen molar-refractivity contribution in [2.45, 2.75) is 101 Å². The minimum absolute atomic E-state index is 0.0727. The first kappa shape index (κ1) is 61.0. The van der Waals surface area contributed by atoms with E-state index in [0.29, 0.717) is 137 Å². The molecule has 1 aromatic carbocycles. The van der Waals surface area contributed by atoms with Gasteiger partial charge >= 0.3 is 6.18 Å². The first-order chi connectivity index (χ1) is 37.1. The van der Waals surface area contributed by atoms with E-state index in [0.717, 1.165) is 24.1 Å². The molecule has 1 aliphatic carbocycles. The van der Waals surface area contributed by atoms with Crippen LogP contribution in [0.3, 0.4) is 0 Å². The largest absolute Gasteiger partial charge is 0.416 e. The molecule has 4 heterocycles. The monoisotopic (exact) mass is 1090 g/mol. The van der Waals surface area contributed by atoms with Crippen molar-refractivity contribution >= 4 is 40.3 Å². The number of halogens is 3. The van der Waals surface area contributed by atoms with Crippen LogP contribution in [0.1, 0.15) is 76.5 Å². The Hall–Kier alpha value is -5.18. The molecular formula is C53H78F3N9O12. The van der Waals surface area contributed by atoms with Crippen LogP contribution in [-0.4, -0.2) is 204 Å². The Bertz CT molecular complexity index is 2280. The molecule has 0 radical (unpaired) electrons. The lowest BCUT2D eigenvalue weighted by Crippen LogP contribution is -2.59. The summed E-state index contributed by atoms with van der Waals surface area (Å²) in [5.41, 5.74) is 0.181. The van der Waals surface area contributed by atoms with Gasteiger partial charge in [-0.3, -0.25) is 24.2 Å². The summed E-state index contributed by atoms with van der Waals surface area (Å²) in [7, 11) is 1.71. The zero-order chi connectivity index (χ0) is 55.0. The normalized spacial score (nSPS) is 21.1. The van der Waals surface area contributed by atoms with E-state index < -0.39 is 23.7 Å². The number of hydrogen-bond donors (Lipinski definition) is 4. The molecule has 0 bridgehead atoms. The molecule has 3 fully saturated rings. The summed E-state index contributed by atoms with van der Waals surface area (Å²) in [4.78, 5) is 68.2. The van der Waals surface area contributed by atoms with Gasteiger partial charge in [0.25, 0.3) is 0 Å². The number of rotatable bonds is 34. The number of nitrogens with zero attached hydrogens (tertiary/aromatic N) is 5. The molecule has 3 aromatic rings. The van der Waals surface area contributed by atoms with Gasteiger partial charge in [0.2, 0.25) is 23.6 Å². The number of anilines is 1. The molecule has 6 rings (SSSR count). The highest BCUT2D eigenvalue weighted by Crippen LogP contribution is 2.37. The zero-order valence-electron chi connectivity index (χ0n) is 44.8. The van der Waals surface area contributed by atoms with Crippen LogP contribution in [0, 0.1) is 5.92 Å². The van der Waals surface area contributed by atoms with Crippen molar-refractivity contribution in [1.82, 2.24) is 40.7 Å². The minimum Gasteiger partial charge on any atom is -0.379 e. The number of carbonyl (C=O) groups excluding carboxylic acids is 4. The highest BCUT2D eigenvalue weighted by Gasteiger charge is 2.44. The second-order valence-electron chi connectivity index (χ2n) is 20.1. The van der Waals surface area contributed by atoms with Crippen LogP contribution in [0.4, 0.5) is 19.0 Å². The number of benzene rings is 1. The molecule has 4 amide bonds. The van der Waals surface area contributed by atoms with Gasteiger partial charge in [0, 0.05) is 62.3 Å².